The van der Waals surface area contributed by atoms with Crippen LogP contribution in [0.5, 0.6) is 0 Å². The van der Waals surface area contributed by atoms with E-state index in [1.165, 1.54) is 5.57 Å². The lowest BCUT2D eigenvalue weighted by Crippen LogP contribution is -2.35. The highest BCUT2D eigenvalue weighted by Crippen LogP contribution is 2.14. The summed E-state index contributed by atoms with van der Waals surface area (Å²) in [5.41, 5.74) is 1.74. The molecule has 1 aliphatic heterocycles. The Labute approximate surface area is 115 Å². The number of carbonyl (C=O) groups is 1. The Morgan fingerprint density at radius 3 is 2.94 bits per heavy atom. The molecule has 2 rings (SSSR count). The van der Waals surface area contributed by atoms with Gasteiger partial charge in [0.05, 0.1) is 6.61 Å². The van der Waals surface area contributed by atoms with Gasteiger partial charge in [0.25, 0.3) is 5.91 Å². The van der Waals surface area contributed by atoms with Crippen molar-refractivity contribution in [2.75, 3.05) is 26.8 Å². The van der Waals surface area contributed by atoms with E-state index in [4.69, 9.17) is 4.74 Å². The third-order valence-corrected chi connectivity index (χ3v) is 3.34. The molecule has 0 fully saturated rings. The van der Waals surface area contributed by atoms with Crippen molar-refractivity contribution in [3.8, 4) is 0 Å². The monoisotopic (exact) mass is 310 g/mol. The fraction of sp³-hybridized carbons (Fsp3) is 0.385. The van der Waals surface area contributed by atoms with Crippen LogP contribution in [0, 0.1) is 0 Å². The summed E-state index contributed by atoms with van der Waals surface area (Å²) in [5.74, 6) is -0.0183. The fourth-order valence-corrected chi connectivity index (χ4v) is 2.11. The molecule has 0 radical (unpaired) electrons. The van der Waals surface area contributed by atoms with Gasteiger partial charge in [0.2, 0.25) is 0 Å². The van der Waals surface area contributed by atoms with E-state index in [1.807, 2.05) is 6.07 Å². The number of carbonyl (C=O) groups excluding carboxylic acids is 1. The normalized spacial score (nSPS) is 15.4. The first-order valence-corrected chi connectivity index (χ1v) is 6.57. The van der Waals surface area contributed by atoms with Gasteiger partial charge in [0.15, 0.2) is 0 Å². The largest absolute Gasteiger partial charge is 0.380 e. The molecular weight excluding hydrogens is 296 g/mol. The maximum atomic E-state index is 12.2. The Morgan fingerprint density at radius 1 is 1.56 bits per heavy atom. The number of hydrogen-bond donors (Lipinski definition) is 0. The summed E-state index contributed by atoms with van der Waals surface area (Å²) in [6.07, 6.45) is 4.57. The van der Waals surface area contributed by atoms with Crippen molar-refractivity contribution in [2.24, 2.45) is 0 Å². The molecule has 18 heavy (non-hydrogen) atoms. The summed E-state index contributed by atoms with van der Waals surface area (Å²) in [6, 6.07) is 3.57. The van der Waals surface area contributed by atoms with E-state index in [1.54, 1.807) is 24.3 Å². The number of halogens is 1. The summed E-state index contributed by atoms with van der Waals surface area (Å²) in [5, 5.41) is 0. The van der Waals surface area contributed by atoms with Crippen LogP contribution in [0.2, 0.25) is 0 Å². The lowest BCUT2D eigenvalue weighted by molar-refractivity contribution is 0.0759. The minimum absolute atomic E-state index is 0.0183. The van der Waals surface area contributed by atoms with Gasteiger partial charge in [-0.15, -0.1) is 0 Å². The van der Waals surface area contributed by atoms with Gasteiger partial charge in [-0.1, -0.05) is 6.08 Å². The van der Waals surface area contributed by atoms with Crippen LogP contribution >= 0.6 is 15.9 Å². The Balaban J connectivity index is 2.01. The highest BCUT2D eigenvalue weighted by molar-refractivity contribution is 9.10. The number of pyridine rings is 1. The first-order valence-electron chi connectivity index (χ1n) is 5.78. The molecule has 2 heterocycles. The van der Waals surface area contributed by atoms with Gasteiger partial charge in [-0.3, -0.25) is 4.79 Å². The molecule has 0 saturated carbocycles. The molecule has 0 atom stereocenters. The summed E-state index contributed by atoms with van der Waals surface area (Å²) in [4.78, 5) is 18.1. The third-order valence-electron chi connectivity index (χ3n) is 2.87. The second-order valence-electron chi connectivity index (χ2n) is 4.16. The first kappa shape index (κ1) is 13.2. The number of methoxy groups -OCH3 is 1. The highest BCUT2D eigenvalue weighted by Gasteiger charge is 2.19. The molecule has 0 spiro atoms. The standard InChI is InChI=1S/C13H15BrN2O2/c1-18-9-10-4-6-16(7-5-10)13(17)12-3-2-11(14)8-15-12/h2-4,8H,5-7,9H2,1H3. The third kappa shape index (κ3) is 3.17. The zero-order chi connectivity index (χ0) is 13.0. The van der Waals surface area contributed by atoms with Crippen molar-refractivity contribution in [1.82, 2.24) is 9.88 Å². The van der Waals surface area contributed by atoms with E-state index in [9.17, 15) is 4.79 Å². The molecule has 1 aromatic rings. The minimum atomic E-state index is -0.0183. The Hall–Kier alpha value is -1.20. The van der Waals surface area contributed by atoms with Crippen molar-refractivity contribution in [1.29, 1.82) is 0 Å². The average molecular weight is 311 g/mol. The average Bonchev–Trinajstić information content (AvgIpc) is 2.40. The van der Waals surface area contributed by atoms with Crippen LogP contribution in [0.25, 0.3) is 0 Å². The Morgan fingerprint density at radius 2 is 2.39 bits per heavy atom. The van der Waals surface area contributed by atoms with Crippen LogP contribution in [0.15, 0.2) is 34.5 Å². The van der Waals surface area contributed by atoms with E-state index < -0.39 is 0 Å². The van der Waals surface area contributed by atoms with Crippen molar-refractivity contribution < 1.29 is 9.53 Å². The fourth-order valence-electron chi connectivity index (χ4n) is 1.88. The number of amides is 1. The molecule has 0 N–H and O–H groups in total. The van der Waals surface area contributed by atoms with Gasteiger partial charge in [0, 0.05) is 30.9 Å². The number of ether oxygens (including phenoxy) is 1. The summed E-state index contributed by atoms with van der Waals surface area (Å²) >= 11 is 3.30. The van der Waals surface area contributed by atoms with Gasteiger partial charge in [-0.2, -0.15) is 0 Å². The van der Waals surface area contributed by atoms with Crippen molar-refractivity contribution in [3.63, 3.8) is 0 Å². The zero-order valence-electron chi connectivity index (χ0n) is 10.2. The van der Waals surface area contributed by atoms with Gasteiger partial charge in [-0.25, -0.2) is 4.98 Å². The lowest BCUT2D eigenvalue weighted by Gasteiger charge is -2.26. The zero-order valence-corrected chi connectivity index (χ0v) is 11.8. The number of aromatic nitrogens is 1. The molecule has 4 nitrogen and oxygen atoms in total. The van der Waals surface area contributed by atoms with Gasteiger partial charge in [-0.05, 0) is 40.1 Å². The number of nitrogens with zero attached hydrogens (tertiary/aromatic N) is 2. The lowest BCUT2D eigenvalue weighted by atomic mass is 10.1. The van der Waals surface area contributed by atoms with Crippen molar-refractivity contribution in [3.05, 3.63) is 40.1 Å². The summed E-state index contributed by atoms with van der Waals surface area (Å²) in [6.45, 7) is 2.01. The highest BCUT2D eigenvalue weighted by atomic mass is 79.9. The SMILES string of the molecule is COCC1=CCN(C(=O)c2ccc(Br)cn2)CC1. The van der Waals surface area contributed by atoms with Gasteiger partial charge < -0.3 is 9.64 Å². The first-order chi connectivity index (χ1) is 8.70. The van der Waals surface area contributed by atoms with Crippen molar-refractivity contribution >= 4 is 21.8 Å². The number of rotatable bonds is 3. The van der Waals surface area contributed by atoms with Crippen molar-refractivity contribution in [2.45, 2.75) is 6.42 Å². The molecule has 1 aromatic heterocycles. The summed E-state index contributed by atoms with van der Waals surface area (Å²) in [7, 11) is 1.68. The Kier molecular flexibility index (Phi) is 4.49. The van der Waals surface area contributed by atoms with Crippen LogP contribution in [0.3, 0.4) is 0 Å². The molecule has 1 aliphatic rings. The molecular formula is C13H15BrN2O2. The molecule has 0 bridgehead atoms. The number of hydrogen-bond acceptors (Lipinski definition) is 3. The van der Waals surface area contributed by atoms with E-state index in [0.717, 1.165) is 17.4 Å². The van der Waals surface area contributed by atoms with Gasteiger partial charge in [0.1, 0.15) is 5.69 Å². The molecule has 0 unspecified atom stereocenters. The smallest absolute Gasteiger partial charge is 0.272 e. The molecule has 0 aromatic carbocycles. The van der Waals surface area contributed by atoms with Crippen LogP contribution in [0.4, 0.5) is 0 Å². The second-order valence-corrected chi connectivity index (χ2v) is 5.07. The predicted molar refractivity (Wildman–Crippen MR) is 72.4 cm³/mol. The van der Waals surface area contributed by atoms with E-state index in [2.05, 4.69) is 27.0 Å². The second kappa shape index (κ2) is 6.11. The molecule has 0 aliphatic carbocycles. The molecule has 1 amide bonds. The molecule has 96 valence electrons. The predicted octanol–water partition coefficient (Wildman–Crippen LogP) is 2.26. The summed E-state index contributed by atoms with van der Waals surface area (Å²) < 4.78 is 5.96. The quantitative estimate of drug-likeness (QED) is 0.804. The molecule has 5 heteroatoms. The topological polar surface area (TPSA) is 42.4 Å². The van der Waals surface area contributed by atoms with Crippen LogP contribution < -0.4 is 0 Å². The van der Waals surface area contributed by atoms with E-state index >= 15 is 0 Å². The van der Waals surface area contributed by atoms with Crippen LogP contribution in [0.1, 0.15) is 16.9 Å². The van der Waals surface area contributed by atoms with E-state index in [0.29, 0.717) is 18.8 Å². The van der Waals surface area contributed by atoms with E-state index in [-0.39, 0.29) is 5.91 Å². The van der Waals surface area contributed by atoms with Crippen LogP contribution in [-0.2, 0) is 4.74 Å². The molecule has 0 saturated heterocycles. The van der Waals surface area contributed by atoms with Crippen LogP contribution in [-0.4, -0.2) is 42.6 Å². The maximum Gasteiger partial charge on any atom is 0.272 e. The Bertz CT molecular complexity index is 457. The van der Waals surface area contributed by atoms with Gasteiger partial charge >= 0.3 is 0 Å². The minimum Gasteiger partial charge on any atom is -0.380 e. The maximum absolute atomic E-state index is 12.2.